The highest BCUT2D eigenvalue weighted by molar-refractivity contribution is 7.72. The largest absolute Gasteiger partial charge is 0.423 e. The van der Waals surface area contributed by atoms with Crippen LogP contribution in [0.2, 0.25) is 0 Å². The van der Waals surface area contributed by atoms with E-state index in [-0.39, 0.29) is 13.0 Å². The van der Waals surface area contributed by atoms with Crippen molar-refractivity contribution < 1.29 is 33.8 Å². The Morgan fingerprint density at radius 3 is 1.71 bits per heavy atom. The zero-order valence-corrected chi connectivity index (χ0v) is 16.8. The van der Waals surface area contributed by atoms with E-state index in [2.05, 4.69) is 9.97 Å². The zero-order valence-electron chi connectivity index (χ0n) is 15.0. The molecule has 28 heavy (non-hydrogen) atoms. The highest BCUT2D eigenvalue weighted by Crippen LogP contribution is 2.69. The molecule has 0 unspecified atom stereocenters. The van der Waals surface area contributed by atoms with Crippen LogP contribution in [0.1, 0.15) is 24.2 Å². The summed E-state index contributed by atoms with van der Waals surface area (Å²) in [7, 11) is -10.7. The molecule has 0 aliphatic carbocycles. The Hall–Kier alpha value is -1.48. The van der Waals surface area contributed by atoms with Crippen LogP contribution >= 0.6 is 15.2 Å². The minimum atomic E-state index is -5.34. The molecular weight excluding hydrogens is 408 g/mol. The van der Waals surface area contributed by atoms with Crippen LogP contribution in [0, 0.1) is 0 Å². The average molecular weight is 432 g/mol. The fourth-order valence-electron chi connectivity index (χ4n) is 2.67. The van der Waals surface area contributed by atoms with Gasteiger partial charge >= 0.3 is 20.3 Å². The minimum absolute atomic E-state index is 0.000608. The van der Waals surface area contributed by atoms with Crippen molar-refractivity contribution in [3.63, 3.8) is 0 Å². The molecular formula is C16H24N3O7P2+. The molecule has 6 N–H and O–H groups in total. The summed E-state index contributed by atoms with van der Waals surface area (Å²) in [6, 6.07) is 10.9. The van der Waals surface area contributed by atoms with Crippen LogP contribution in [0.15, 0.2) is 48.8 Å². The van der Waals surface area contributed by atoms with Crippen molar-refractivity contribution in [1.82, 2.24) is 14.9 Å². The van der Waals surface area contributed by atoms with Gasteiger partial charge in [-0.2, -0.15) is 0 Å². The van der Waals surface area contributed by atoms with Gasteiger partial charge in [0.15, 0.2) is 0 Å². The lowest BCUT2D eigenvalue weighted by atomic mass is 10.2. The highest BCUT2D eigenvalue weighted by Gasteiger charge is 2.64. The molecule has 0 aliphatic heterocycles. The molecule has 0 atom stereocenters. The van der Waals surface area contributed by atoms with Crippen molar-refractivity contribution >= 4 is 15.2 Å². The van der Waals surface area contributed by atoms with Gasteiger partial charge in [0.1, 0.15) is 0 Å². The summed E-state index contributed by atoms with van der Waals surface area (Å²) < 4.78 is 23.1. The molecule has 0 saturated heterocycles. The fraction of sp³-hybridized carbons (Fsp3) is 0.375. The molecule has 12 heteroatoms. The Kier molecular flexibility index (Phi) is 7.61. The number of nitrogens with zero attached hydrogens (tertiary/aromatic N) is 3. The van der Waals surface area contributed by atoms with Crippen LogP contribution in [-0.2, 0) is 22.2 Å². The van der Waals surface area contributed by atoms with E-state index in [1.165, 1.54) is 0 Å². The molecule has 2 heterocycles. The topological polar surface area (TPSA) is 167 Å². The SMILES string of the molecule is O=P(O)(O)C([OH2+])(CCCN(Cc1ccccn1)Cc1ccccn1)P(=O)(O)O. The maximum absolute atomic E-state index is 11.5. The quantitative estimate of drug-likeness (QED) is 0.316. The van der Waals surface area contributed by atoms with E-state index in [0.717, 1.165) is 11.4 Å². The summed E-state index contributed by atoms with van der Waals surface area (Å²) >= 11 is 0. The summed E-state index contributed by atoms with van der Waals surface area (Å²) in [6.07, 6.45) is 2.64. The van der Waals surface area contributed by atoms with Crippen molar-refractivity contribution in [2.75, 3.05) is 6.54 Å². The molecule has 154 valence electrons. The van der Waals surface area contributed by atoms with E-state index >= 15 is 0 Å². The number of aromatic nitrogens is 2. The second kappa shape index (κ2) is 9.35. The summed E-state index contributed by atoms with van der Waals surface area (Å²) in [4.78, 5) is 47.6. The van der Waals surface area contributed by atoms with E-state index < -0.39 is 26.7 Å². The molecule has 0 bridgehead atoms. The molecule has 0 aromatic carbocycles. The van der Waals surface area contributed by atoms with Crippen molar-refractivity contribution in [1.29, 1.82) is 0 Å². The number of hydrogen-bond acceptors (Lipinski definition) is 5. The molecule has 0 aliphatic rings. The van der Waals surface area contributed by atoms with Gasteiger partial charge in [0.25, 0.3) is 0 Å². The first kappa shape index (κ1) is 22.8. The second-order valence-corrected chi connectivity index (χ2v) is 10.4. The second-order valence-electron chi connectivity index (χ2n) is 6.36. The summed E-state index contributed by atoms with van der Waals surface area (Å²) in [6.45, 7) is 1.07. The summed E-state index contributed by atoms with van der Waals surface area (Å²) in [5, 5.41) is 4.59. The van der Waals surface area contributed by atoms with Crippen LogP contribution in [0.3, 0.4) is 0 Å². The number of rotatable bonds is 10. The van der Waals surface area contributed by atoms with Gasteiger partial charge in [0, 0.05) is 31.9 Å². The van der Waals surface area contributed by atoms with Gasteiger partial charge in [-0.3, -0.25) is 24.0 Å². The van der Waals surface area contributed by atoms with E-state index in [1.807, 2.05) is 29.2 Å². The van der Waals surface area contributed by atoms with Crippen LogP contribution in [-0.4, -0.2) is 51.2 Å². The van der Waals surface area contributed by atoms with Crippen molar-refractivity contribution in [2.45, 2.75) is 31.0 Å². The molecule has 2 aromatic rings. The predicted octanol–water partition coefficient (Wildman–Crippen LogP) is 0.993. The van der Waals surface area contributed by atoms with E-state index in [0.29, 0.717) is 13.1 Å². The Labute approximate surface area is 162 Å². The Morgan fingerprint density at radius 1 is 0.893 bits per heavy atom. The average Bonchev–Trinajstić information content (AvgIpc) is 2.61. The van der Waals surface area contributed by atoms with Crippen molar-refractivity contribution in [2.24, 2.45) is 0 Å². The minimum Gasteiger partial charge on any atom is -0.423 e. The molecule has 0 radical (unpaired) electrons. The molecule has 2 rings (SSSR count). The third-order valence-corrected chi connectivity index (χ3v) is 8.12. The first-order chi connectivity index (χ1) is 13.0. The van der Waals surface area contributed by atoms with E-state index in [9.17, 15) is 28.7 Å². The van der Waals surface area contributed by atoms with Crippen LogP contribution < -0.4 is 0 Å². The van der Waals surface area contributed by atoms with Crippen LogP contribution in [0.4, 0.5) is 0 Å². The maximum Gasteiger partial charge on any atom is 0.420 e. The zero-order chi connectivity index (χ0) is 20.8. The number of hydrogen-bond donors (Lipinski definition) is 4. The molecule has 0 fully saturated rings. The van der Waals surface area contributed by atoms with Gasteiger partial charge in [-0.05, 0) is 37.2 Å². The Balaban J connectivity index is 2.11. The lowest BCUT2D eigenvalue weighted by Gasteiger charge is -2.27. The van der Waals surface area contributed by atoms with Gasteiger partial charge in [-0.25, -0.2) is 0 Å². The Morgan fingerprint density at radius 2 is 1.36 bits per heavy atom. The highest BCUT2D eigenvalue weighted by atomic mass is 31.2. The third kappa shape index (κ3) is 6.01. The normalized spacial score (nSPS) is 13.1. The fourth-order valence-corrected chi connectivity index (χ4v) is 4.92. The first-order valence-corrected chi connectivity index (χ1v) is 11.6. The number of pyridine rings is 2. The molecule has 0 saturated carbocycles. The van der Waals surface area contributed by atoms with Crippen LogP contribution in [0.5, 0.6) is 0 Å². The molecule has 0 amide bonds. The Bertz CT molecular complexity index is 778. The first-order valence-electron chi connectivity index (χ1n) is 8.41. The predicted molar refractivity (Wildman–Crippen MR) is 102 cm³/mol. The summed E-state index contributed by atoms with van der Waals surface area (Å²) in [5.74, 6) is 0. The summed E-state index contributed by atoms with van der Waals surface area (Å²) in [5.41, 5.74) is 1.53. The monoisotopic (exact) mass is 432 g/mol. The smallest absolute Gasteiger partial charge is 0.420 e. The molecule has 0 spiro atoms. The third-order valence-electron chi connectivity index (χ3n) is 4.19. The maximum atomic E-state index is 11.5. The van der Waals surface area contributed by atoms with Crippen LogP contribution in [0.25, 0.3) is 0 Å². The van der Waals surface area contributed by atoms with Gasteiger partial charge in [-0.1, -0.05) is 12.1 Å². The molecule has 2 aromatic heterocycles. The van der Waals surface area contributed by atoms with Gasteiger partial charge in [0.2, 0.25) is 0 Å². The van der Waals surface area contributed by atoms with Gasteiger partial charge < -0.3 is 24.7 Å². The van der Waals surface area contributed by atoms with E-state index in [4.69, 9.17) is 5.11 Å². The van der Waals surface area contributed by atoms with Crippen molar-refractivity contribution in [3.05, 3.63) is 60.2 Å². The van der Waals surface area contributed by atoms with Gasteiger partial charge in [0.05, 0.1) is 11.4 Å². The lowest BCUT2D eigenvalue weighted by Crippen LogP contribution is -2.31. The van der Waals surface area contributed by atoms with E-state index in [1.54, 1.807) is 24.5 Å². The van der Waals surface area contributed by atoms with Crippen molar-refractivity contribution in [3.8, 4) is 0 Å². The van der Waals surface area contributed by atoms with Gasteiger partial charge in [-0.15, -0.1) is 0 Å². The lowest BCUT2D eigenvalue weighted by molar-refractivity contribution is 0.115. The standard InChI is InChI=1S/C16H23N3O7P2/c20-16(27(21,22)23,28(24,25)26)8-5-11-19(12-14-6-1-3-9-17-14)13-15-7-2-4-10-18-15/h1-4,6-7,9-10,20H,5,8,11-13H2,(H2,21,22,23)(H2,24,25,26)/p+1. The molecule has 10 nitrogen and oxygen atoms in total.